The van der Waals surface area contributed by atoms with Crippen molar-refractivity contribution in [3.05, 3.63) is 101 Å². The minimum absolute atomic E-state index is 0.138. The highest BCUT2D eigenvalue weighted by Gasteiger charge is 2.13. The molecule has 0 aliphatic rings. The van der Waals surface area contributed by atoms with E-state index in [1.165, 1.54) is 36.5 Å². The summed E-state index contributed by atoms with van der Waals surface area (Å²) in [6, 6.07) is 17.1. The molecule has 9 heteroatoms. The summed E-state index contributed by atoms with van der Waals surface area (Å²) in [6.07, 6.45) is 3.17. The molecule has 0 bridgehead atoms. The van der Waals surface area contributed by atoms with Crippen molar-refractivity contribution >= 4 is 23.8 Å². The Kier molecular flexibility index (Phi) is 6.18. The molecule has 1 aromatic heterocycles. The maximum absolute atomic E-state index is 14.1. The molecule has 0 saturated carbocycles. The van der Waals surface area contributed by atoms with Crippen LogP contribution in [0.5, 0.6) is 0 Å². The van der Waals surface area contributed by atoms with Gasteiger partial charge in [-0.25, -0.2) is 18.7 Å². The fraction of sp³-hybridized carbons (Fsp3) is 0.0400. The maximum Gasteiger partial charge on any atom is 0.335 e. The van der Waals surface area contributed by atoms with Crippen LogP contribution >= 0.6 is 0 Å². The summed E-state index contributed by atoms with van der Waals surface area (Å²) in [5.74, 6) is -2.51. The minimum atomic E-state index is -1.04. The number of aromatic carboxylic acids is 2. The van der Waals surface area contributed by atoms with Gasteiger partial charge in [0.1, 0.15) is 11.5 Å². The summed E-state index contributed by atoms with van der Waals surface area (Å²) in [4.78, 5) is 22.3. The highest BCUT2D eigenvalue weighted by molar-refractivity contribution is 5.91. The average Bonchev–Trinajstić information content (AvgIpc) is 3.24. The molecule has 1 heterocycles. The van der Waals surface area contributed by atoms with Crippen LogP contribution in [0.2, 0.25) is 0 Å². The molecule has 3 N–H and O–H groups in total. The molecule has 4 rings (SSSR count). The number of nitrogens with one attached hydrogen (secondary N) is 1. The molecule has 0 amide bonds. The molecular weight excluding hydrogens is 439 g/mol. The van der Waals surface area contributed by atoms with E-state index < -0.39 is 17.8 Å². The standard InChI is InChI=1S/C25H19FN4O4/c1-15-2-11-22(21(26)12-15)28-27-13-19-14-30(20-9-7-18(8-10-20)25(33)34)29-23(19)16-3-5-17(6-4-16)24(31)32/h2-14,28H,1H3,(H,31,32)(H,33,34)/b27-13+. The number of halogens is 1. The van der Waals surface area contributed by atoms with Crippen molar-refractivity contribution in [2.24, 2.45) is 5.10 Å². The van der Waals surface area contributed by atoms with Gasteiger partial charge in [0.2, 0.25) is 0 Å². The first kappa shape index (κ1) is 22.4. The predicted molar refractivity (Wildman–Crippen MR) is 125 cm³/mol. The van der Waals surface area contributed by atoms with Gasteiger partial charge in [-0.15, -0.1) is 0 Å². The Bertz CT molecular complexity index is 1390. The van der Waals surface area contributed by atoms with E-state index >= 15 is 0 Å². The van der Waals surface area contributed by atoms with Gasteiger partial charge in [0.05, 0.1) is 28.7 Å². The first-order chi connectivity index (χ1) is 16.3. The van der Waals surface area contributed by atoms with Crippen LogP contribution in [0.4, 0.5) is 10.1 Å². The van der Waals surface area contributed by atoms with Crippen LogP contribution in [-0.4, -0.2) is 38.1 Å². The number of aryl methyl sites for hydroxylation is 1. The van der Waals surface area contributed by atoms with Crippen LogP contribution < -0.4 is 5.43 Å². The number of carboxylic acids is 2. The number of rotatable bonds is 7. The first-order valence-corrected chi connectivity index (χ1v) is 10.1. The largest absolute Gasteiger partial charge is 0.478 e. The molecule has 0 saturated heterocycles. The highest BCUT2D eigenvalue weighted by Crippen LogP contribution is 2.24. The Hall–Kier alpha value is -4.79. The molecule has 0 radical (unpaired) electrons. The second kappa shape index (κ2) is 9.37. The van der Waals surface area contributed by atoms with E-state index in [0.717, 1.165) is 5.56 Å². The number of carbonyl (C=O) groups is 2. The van der Waals surface area contributed by atoms with Crippen LogP contribution in [0.25, 0.3) is 16.9 Å². The van der Waals surface area contributed by atoms with Crippen molar-refractivity contribution in [2.45, 2.75) is 6.92 Å². The van der Waals surface area contributed by atoms with E-state index in [0.29, 0.717) is 22.5 Å². The molecule has 0 aliphatic carbocycles. The topological polar surface area (TPSA) is 117 Å². The normalized spacial score (nSPS) is 11.0. The number of hydrogen-bond donors (Lipinski definition) is 3. The molecule has 8 nitrogen and oxygen atoms in total. The lowest BCUT2D eigenvalue weighted by molar-refractivity contribution is 0.0686. The van der Waals surface area contributed by atoms with Gasteiger partial charge in [0.15, 0.2) is 0 Å². The number of anilines is 1. The summed E-state index contributed by atoms with van der Waals surface area (Å²) in [5.41, 5.74) is 6.30. The number of hydrazone groups is 1. The van der Waals surface area contributed by atoms with E-state index in [1.807, 2.05) is 0 Å². The van der Waals surface area contributed by atoms with Crippen LogP contribution in [0.3, 0.4) is 0 Å². The zero-order chi connectivity index (χ0) is 24.2. The lowest BCUT2D eigenvalue weighted by atomic mass is 10.1. The molecule has 0 unspecified atom stereocenters. The van der Waals surface area contributed by atoms with Gasteiger partial charge in [0.25, 0.3) is 0 Å². The number of benzene rings is 3. The van der Waals surface area contributed by atoms with Gasteiger partial charge in [0, 0.05) is 17.3 Å². The van der Waals surface area contributed by atoms with Gasteiger partial charge >= 0.3 is 11.9 Å². The third-order valence-corrected chi connectivity index (χ3v) is 5.04. The number of hydrogen-bond acceptors (Lipinski definition) is 5. The van der Waals surface area contributed by atoms with Crippen LogP contribution in [0.1, 0.15) is 31.8 Å². The van der Waals surface area contributed by atoms with Gasteiger partial charge in [-0.1, -0.05) is 18.2 Å². The Morgan fingerprint density at radius 2 is 1.59 bits per heavy atom. The summed E-state index contributed by atoms with van der Waals surface area (Å²) in [5, 5.41) is 27.0. The molecule has 4 aromatic rings. The molecular formula is C25H19FN4O4. The average molecular weight is 458 g/mol. The third kappa shape index (κ3) is 4.83. The van der Waals surface area contributed by atoms with Crippen molar-refractivity contribution in [3.63, 3.8) is 0 Å². The van der Waals surface area contributed by atoms with Gasteiger partial charge < -0.3 is 10.2 Å². The molecule has 3 aromatic carbocycles. The summed E-state index contributed by atoms with van der Waals surface area (Å²) >= 11 is 0. The minimum Gasteiger partial charge on any atom is -0.478 e. The zero-order valence-electron chi connectivity index (χ0n) is 17.9. The van der Waals surface area contributed by atoms with E-state index in [4.69, 9.17) is 10.2 Å². The van der Waals surface area contributed by atoms with Gasteiger partial charge in [-0.2, -0.15) is 10.2 Å². The van der Waals surface area contributed by atoms with Gasteiger partial charge in [-0.05, 0) is 61.0 Å². The van der Waals surface area contributed by atoms with Crippen molar-refractivity contribution in [1.29, 1.82) is 0 Å². The first-order valence-electron chi connectivity index (χ1n) is 10.1. The van der Waals surface area contributed by atoms with E-state index in [9.17, 15) is 14.0 Å². The second-order valence-corrected chi connectivity index (χ2v) is 7.47. The van der Waals surface area contributed by atoms with E-state index in [2.05, 4.69) is 15.6 Å². The highest BCUT2D eigenvalue weighted by atomic mass is 19.1. The fourth-order valence-corrected chi connectivity index (χ4v) is 3.25. The Balaban J connectivity index is 1.70. The summed E-state index contributed by atoms with van der Waals surface area (Å²) in [7, 11) is 0. The lowest BCUT2D eigenvalue weighted by Crippen LogP contribution is -1.99. The summed E-state index contributed by atoms with van der Waals surface area (Å²) < 4.78 is 15.7. The van der Waals surface area contributed by atoms with Gasteiger partial charge in [-0.3, -0.25) is 5.43 Å². The van der Waals surface area contributed by atoms with Crippen molar-refractivity contribution in [3.8, 4) is 16.9 Å². The second-order valence-electron chi connectivity index (χ2n) is 7.47. The molecule has 0 spiro atoms. The number of carboxylic acid groups (broad SMARTS) is 2. The quantitative estimate of drug-likeness (QED) is 0.270. The molecule has 170 valence electrons. The monoisotopic (exact) mass is 458 g/mol. The van der Waals surface area contributed by atoms with Crippen molar-refractivity contribution < 1.29 is 24.2 Å². The SMILES string of the molecule is Cc1ccc(N/N=C/c2cn(-c3ccc(C(=O)O)cc3)nc2-c2ccc(C(=O)O)cc2)c(F)c1. The predicted octanol–water partition coefficient (Wildman–Crippen LogP) is 4.83. The lowest BCUT2D eigenvalue weighted by Gasteiger charge is -2.03. The van der Waals surface area contributed by atoms with Crippen LogP contribution in [0, 0.1) is 12.7 Å². The third-order valence-electron chi connectivity index (χ3n) is 5.04. The Labute approximate surface area is 193 Å². The maximum atomic E-state index is 14.1. The van der Waals surface area contributed by atoms with Crippen LogP contribution in [0.15, 0.2) is 78.0 Å². The Morgan fingerprint density at radius 1 is 0.971 bits per heavy atom. The number of aromatic nitrogens is 2. The van der Waals surface area contributed by atoms with Crippen LogP contribution in [-0.2, 0) is 0 Å². The molecule has 34 heavy (non-hydrogen) atoms. The van der Waals surface area contributed by atoms with E-state index in [-0.39, 0.29) is 16.8 Å². The molecule has 0 aliphatic heterocycles. The van der Waals surface area contributed by atoms with E-state index in [1.54, 1.807) is 54.2 Å². The fourth-order valence-electron chi connectivity index (χ4n) is 3.25. The smallest absolute Gasteiger partial charge is 0.335 e. The molecule has 0 atom stereocenters. The van der Waals surface area contributed by atoms with Crippen molar-refractivity contribution in [2.75, 3.05) is 5.43 Å². The zero-order valence-corrected chi connectivity index (χ0v) is 17.9. The van der Waals surface area contributed by atoms with Crippen molar-refractivity contribution in [1.82, 2.24) is 9.78 Å². The summed E-state index contributed by atoms with van der Waals surface area (Å²) in [6.45, 7) is 1.79. The molecule has 0 fully saturated rings. The Morgan fingerprint density at radius 3 is 2.18 bits per heavy atom. The number of nitrogens with zero attached hydrogens (tertiary/aromatic N) is 3.